The van der Waals surface area contributed by atoms with E-state index in [-0.39, 0.29) is 0 Å². The number of anilines is 2. The maximum Gasteiger partial charge on any atom is 0.189 e. The second-order valence-electron chi connectivity index (χ2n) is 3.77. The van der Waals surface area contributed by atoms with E-state index in [0.29, 0.717) is 16.5 Å². The average Bonchev–Trinajstić information content (AvgIpc) is 2.41. The Bertz CT molecular complexity index is 555. The van der Waals surface area contributed by atoms with Crippen LogP contribution in [0.5, 0.6) is 0 Å². The normalized spacial score (nSPS) is 10.1. The van der Waals surface area contributed by atoms with E-state index in [1.165, 1.54) is 23.5 Å². The SMILES string of the molecule is CSc1ncc(C=O)c(Nc2ccc(C)cc2)n1. The summed E-state index contributed by atoms with van der Waals surface area (Å²) in [7, 11) is 0. The number of hydrogen-bond donors (Lipinski definition) is 1. The molecule has 18 heavy (non-hydrogen) atoms. The lowest BCUT2D eigenvalue weighted by molar-refractivity contribution is 0.112. The summed E-state index contributed by atoms with van der Waals surface area (Å²) in [6.07, 6.45) is 4.18. The highest BCUT2D eigenvalue weighted by atomic mass is 32.2. The standard InChI is InChI=1S/C13H13N3OS/c1-9-3-5-11(6-4-9)15-12-10(8-17)7-14-13(16-12)18-2/h3-8H,1-2H3,(H,14,15,16). The molecule has 0 aliphatic heterocycles. The van der Waals surface area contributed by atoms with Gasteiger partial charge in [0.05, 0.1) is 5.56 Å². The molecule has 0 saturated heterocycles. The Balaban J connectivity index is 2.31. The molecule has 0 aliphatic rings. The Hall–Kier alpha value is -1.88. The van der Waals surface area contributed by atoms with Gasteiger partial charge in [-0.1, -0.05) is 29.5 Å². The second kappa shape index (κ2) is 5.64. The smallest absolute Gasteiger partial charge is 0.189 e. The number of nitrogens with zero attached hydrogens (tertiary/aromatic N) is 2. The highest BCUT2D eigenvalue weighted by Crippen LogP contribution is 2.20. The van der Waals surface area contributed by atoms with Gasteiger partial charge in [-0.25, -0.2) is 9.97 Å². The maximum atomic E-state index is 10.9. The summed E-state index contributed by atoms with van der Waals surface area (Å²) in [4.78, 5) is 19.3. The van der Waals surface area contributed by atoms with Crippen LogP contribution in [0.15, 0.2) is 35.6 Å². The summed E-state index contributed by atoms with van der Waals surface area (Å²) in [6.45, 7) is 2.02. The molecule has 1 heterocycles. The third kappa shape index (κ3) is 2.87. The molecule has 0 radical (unpaired) electrons. The number of hydrogen-bond acceptors (Lipinski definition) is 5. The van der Waals surface area contributed by atoms with Gasteiger partial charge in [0.15, 0.2) is 11.4 Å². The molecule has 0 bridgehead atoms. The fourth-order valence-corrected chi connectivity index (χ4v) is 1.77. The van der Waals surface area contributed by atoms with Gasteiger partial charge in [0.2, 0.25) is 0 Å². The number of aldehydes is 1. The van der Waals surface area contributed by atoms with Gasteiger partial charge >= 0.3 is 0 Å². The third-order valence-electron chi connectivity index (χ3n) is 2.42. The van der Waals surface area contributed by atoms with Crippen molar-refractivity contribution >= 4 is 29.6 Å². The predicted molar refractivity (Wildman–Crippen MR) is 73.7 cm³/mol. The molecule has 4 nitrogen and oxygen atoms in total. The van der Waals surface area contributed by atoms with Crippen molar-refractivity contribution in [1.29, 1.82) is 0 Å². The summed E-state index contributed by atoms with van der Waals surface area (Å²) < 4.78 is 0. The number of carbonyl (C=O) groups is 1. The number of benzene rings is 1. The topological polar surface area (TPSA) is 54.9 Å². The maximum absolute atomic E-state index is 10.9. The monoisotopic (exact) mass is 259 g/mol. The van der Waals surface area contributed by atoms with E-state index < -0.39 is 0 Å². The molecule has 0 unspecified atom stereocenters. The quantitative estimate of drug-likeness (QED) is 0.519. The first kappa shape index (κ1) is 12.6. The Kier molecular flexibility index (Phi) is 3.94. The van der Waals surface area contributed by atoms with Crippen LogP contribution in [0.2, 0.25) is 0 Å². The van der Waals surface area contributed by atoms with Gasteiger partial charge in [-0.15, -0.1) is 0 Å². The minimum atomic E-state index is 0.452. The van der Waals surface area contributed by atoms with Crippen LogP contribution in [0, 0.1) is 6.92 Å². The minimum Gasteiger partial charge on any atom is -0.340 e. The van der Waals surface area contributed by atoms with Gasteiger partial charge in [0, 0.05) is 11.9 Å². The van der Waals surface area contributed by atoms with Crippen LogP contribution in [-0.2, 0) is 0 Å². The largest absolute Gasteiger partial charge is 0.340 e. The Morgan fingerprint density at radius 3 is 2.61 bits per heavy atom. The van der Waals surface area contributed by atoms with Gasteiger partial charge in [0.25, 0.3) is 0 Å². The Morgan fingerprint density at radius 2 is 2.00 bits per heavy atom. The molecule has 2 aromatic rings. The van der Waals surface area contributed by atoms with E-state index in [9.17, 15) is 4.79 Å². The number of nitrogens with one attached hydrogen (secondary N) is 1. The number of carbonyl (C=O) groups excluding carboxylic acids is 1. The minimum absolute atomic E-state index is 0.452. The van der Waals surface area contributed by atoms with Gasteiger partial charge in [-0.2, -0.15) is 0 Å². The number of thioether (sulfide) groups is 1. The van der Waals surface area contributed by atoms with E-state index in [1.54, 1.807) is 0 Å². The van der Waals surface area contributed by atoms with Crippen molar-refractivity contribution in [2.45, 2.75) is 12.1 Å². The molecule has 1 N–H and O–H groups in total. The second-order valence-corrected chi connectivity index (χ2v) is 4.54. The van der Waals surface area contributed by atoms with Gasteiger partial charge in [-0.3, -0.25) is 4.79 Å². The lowest BCUT2D eigenvalue weighted by atomic mass is 10.2. The zero-order valence-electron chi connectivity index (χ0n) is 10.2. The molecule has 1 aromatic heterocycles. The van der Waals surface area contributed by atoms with Crippen LogP contribution in [-0.4, -0.2) is 22.5 Å². The van der Waals surface area contributed by atoms with E-state index >= 15 is 0 Å². The van der Waals surface area contributed by atoms with Crippen LogP contribution < -0.4 is 5.32 Å². The third-order valence-corrected chi connectivity index (χ3v) is 2.98. The number of aromatic nitrogens is 2. The fourth-order valence-electron chi connectivity index (χ4n) is 1.43. The molecular formula is C13H13N3OS. The van der Waals surface area contributed by atoms with Crippen LogP contribution in [0.25, 0.3) is 0 Å². The summed E-state index contributed by atoms with van der Waals surface area (Å²) in [5.41, 5.74) is 2.53. The lowest BCUT2D eigenvalue weighted by Crippen LogP contribution is -2.01. The first-order valence-electron chi connectivity index (χ1n) is 5.43. The molecule has 2 rings (SSSR count). The molecule has 0 atom stereocenters. The van der Waals surface area contributed by atoms with Crippen LogP contribution in [0.3, 0.4) is 0 Å². The molecule has 0 spiro atoms. The van der Waals surface area contributed by atoms with Crippen molar-refractivity contribution in [1.82, 2.24) is 9.97 Å². The average molecular weight is 259 g/mol. The number of rotatable bonds is 4. The molecule has 0 amide bonds. The summed E-state index contributed by atoms with van der Waals surface area (Å²) in [6, 6.07) is 7.90. The highest BCUT2D eigenvalue weighted by Gasteiger charge is 2.06. The van der Waals surface area contributed by atoms with Crippen molar-refractivity contribution < 1.29 is 4.79 Å². The summed E-state index contributed by atoms with van der Waals surface area (Å²) in [5.74, 6) is 0.535. The Labute approximate surface area is 110 Å². The molecule has 92 valence electrons. The Morgan fingerprint density at radius 1 is 1.28 bits per heavy atom. The summed E-state index contributed by atoms with van der Waals surface area (Å²) >= 11 is 1.44. The van der Waals surface area contributed by atoms with E-state index in [2.05, 4.69) is 15.3 Å². The predicted octanol–water partition coefficient (Wildman–Crippen LogP) is 3.06. The molecule has 0 fully saturated rings. The van der Waals surface area contributed by atoms with E-state index in [4.69, 9.17) is 0 Å². The molecule has 5 heteroatoms. The van der Waals surface area contributed by atoms with Gasteiger partial charge < -0.3 is 5.32 Å². The zero-order valence-corrected chi connectivity index (χ0v) is 11.0. The van der Waals surface area contributed by atoms with E-state index in [1.807, 2.05) is 37.4 Å². The van der Waals surface area contributed by atoms with E-state index in [0.717, 1.165) is 12.0 Å². The van der Waals surface area contributed by atoms with Crippen LogP contribution >= 0.6 is 11.8 Å². The molecule has 0 aliphatic carbocycles. The van der Waals surface area contributed by atoms with Crippen molar-refractivity contribution in [2.75, 3.05) is 11.6 Å². The highest BCUT2D eigenvalue weighted by molar-refractivity contribution is 7.98. The van der Waals surface area contributed by atoms with Crippen molar-refractivity contribution in [3.63, 3.8) is 0 Å². The molecule has 0 saturated carbocycles. The summed E-state index contributed by atoms with van der Waals surface area (Å²) in [5, 5.41) is 3.76. The van der Waals surface area contributed by atoms with Crippen molar-refractivity contribution in [3.8, 4) is 0 Å². The first-order valence-corrected chi connectivity index (χ1v) is 6.65. The van der Waals surface area contributed by atoms with Crippen molar-refractivity contribution in [2.24, 2.45) is 0 Å². The zero-order chi connectivity index (χ0) is 13.0. The fraction of sp³-hybridized carbons (Fsp3) is 0.154. The van der Waals surface area contributed by atoms with Gasteiger partial charge in [-0.05, 0) is 25.3 Å². The molecule has 1 aromatic carbocycles. The molecular weight excluding hydrogens is 246 g/mol. The number of aryl methyl sites for hydroxylation is 1. The first-order chi connectivity index (χ1) is 8.72. The van der Waals surface area contributed by atoms with Crippen LogP contribution in [0.1, 0.15) is 15.9 Å². The van der Waals surface area contributed by atoms with Crippen LogP contribution in [0.4, 0.5) is 11.5 Å². The van der Waals surface area contributed by atoms with Crippen molar-refractivity contribution in [3.05, 3.63) is 41.6 Å². The lowest BCUT2D eigenvalue weighted by Gasteiger charge is -2.08. The van der Waals surface area contributed by atoms with Gasteiger partial charge in [0.1, 0.15) is 5.82 Å².